The Labute approximate surface area is 107 Å². The van der Waals surface area contributed by atoms with Crippen LogP contribution < -0.4 is 15.8 Å². The van der Waals surface area contributed by atoms with Gasteiger partial charge in [-0.1, -0.05) is 6.07 Å². The second-order valence-corrected chi connectivity index (χ2v) is 3.43. The summed E-state index contributed by atoms with van der Waals surface area (Å²) in [6.45, 7) is -0.0719. The molecule has 1 aromatic heterocycles. The van der Waals surface area contributed by atoms with Gasteiger partial charge in [0.15, 0.2) is 6.61 Å². The van der Waals surface area contributed by atoms with E-state index in [1.54, 1.807) is 24.3 Å². The standard InChI is InChI=1S/C11H9N5O3/c12-4-5-18-8-3-1-2-7(6-8)14-11(17)9-10(13)16-19-15-9/h1-3,6H,5H2,(H2,13,16)(H,14,17). The van der Waals surface area contributed by atoms with Gasteiger partial charge in [-0.2, -0.15) is 5.26 Å². The Kier molecular flexibility index (Phi) is 3.59. The molecule has 0 bridgehead atoms. The number of nitrogen functional groups attached to an aromatic ring is 1. The highest BCUT2D eigenvalue weighted by atomic mass is 16.6. The van der Waals surface area contributed by atoms with Crippen LogP contribution in [0.4, 0.5) is 11.5 Å². The van der Waals surface area contributed by atoms with Crippen molar-refractivity contribution in [3.05, 3.63) is 30.0 Å². The summed E-state index contributed by atoms with van der Waals surface area (Å²) in [5.41, 5.74) is 5.78. The number of nitrogens with one attached hydrogen (secondary N) is 1. The minimum absolute atomic E-state index is 0.0719. The molecule has 1 aromatic carbocycles. The molecule has 96 valence electrons. The van der Waals surface area contributed by atoms with Gasteiger partial charge in [0.05, 0.1) is 0 Å². The van der Waals surface area contributed by atoms with Gasteiger partial charge in [-0.15, -0.1) is 0 Å². The van der Waals surface area contributed by atoms with Crippen LogP contribution in [0.3, 0.4) is 0 Å². The zero-order valence-electron chi connectivity index (χ0n) is 9.66. The Morgan fingerprint density at radius 2 is 2.37 bits per heavy atom. The lowest BCUT2D eigenvalue weighted by atomic mass is 10.3. The van der Waals surface area contributed by atoms with Crippen molar-refractivity contribution in [1.82, 2.24) is 10.3 Å². The predicted molar refractivity (Wildman–Crippen MR) is 64.2 cm³/mol. The van der Waals surface area contributed by atoms with Crippen molar-refractivity contribution < 1.29 is 14.2 Å². The molecule has 0 saturated carbocycles. The molecule has 2 rings (SSSR count). The van der Waals surface area contributed by atoms with Gasteiger partial charge < -0.3 is 15.8 Å². The molecule has 8 heteroatoms. The number of benzene rings is 1. The number of ether oxygens (including phenoxy) is 1. The quantitative estimate of drug-likeness (QED) is 0.831. The molecule has 0 saturated heterocycles. The summed E-state index contributed by atoms with van der Waals surface area (Å²) >= 11 is 0. The SMILES string of the molecule is N#CCOc1cccc(NC(=O)c2nonc2N)c1. The summed E-state index contributed by atoms with van der Waals surface area (Å²) in [4.78, 5) is 11.8. The number of nitrogens with zero attached hydrogens (tertiary/aromatic N) is 3. The zero-order valence-corrected chi connectivity index (χ0v) is 9.66. The molecule has 1 heterocycles. The highest BCUT2D eigenvalue weighted by molar-refractivity contribution is 6.05. The van der Waals surface area contributed by atoms with E-state index < -0.39 is 5.91 Å². The lowest BCUT2D eigenvalue weighted by Gasteiger charge is -2.06. The van der Waals surface area contributed by atoms with Crippen LogP contribution in [-0.2, 0) is 0 Å². The number of hydrogen-bond acceptors (Lipinski definition) is 7. The van der Waals surface area contributed by atoms with Gasteiger partial charge in [0, 0.05) is 11.8 Å². The minimum Gasteiger partial charge on any atom is -0.479 e. The Hall–Kier alpha value is -3.08. The molecule has 1 amide bonds. The third kappa shape index (κ3) is 2.98. The maximum Gasteiger partial charge on any atom is 0.281 e. The van der Waals surface area contributed by atoms with E-state index in [1.807, 2.05) is 6.07 Å². The molecule has 0 fully saturated rings. The number of amides is 1. The smallest absolute Gasteiger partial charge is 0.281 e. The fourth-order valence-electron chi connectivity index (χ4n) is 1.32. The van der Waals surface area contributed by atoms with Crippen molar-refractivity contribution in [3.63, 3.8) is 0 Å². The molecule has 0 radical (unpaired) electrons. The van der Waals surface area contributed by atoms with Crippen LogP contribution >= 0.6 is 0 Å². The molecular weight excluding hydrogens is 250 g/mol. The fourth-order valence-corrected chi connectivity index (χ4v) is 1.32. The molecule has 19 heavy (non-hydrogen) atoms. The topological polar surface area (TPSA) is 127 Å². The van der Waals surface area contributed by atoms with E-state index in [9.17, 15) is 4.79 Å². The highest BCUT2D eigenvalue weighted by Crippen LogP contribution is 2.18. The Balaban J connectivity index is 2.09. The van der Waals surface area contributed by atoms with Crippen LogP contribution in [0, 0.1) is 11.3 Å². The maximum atomic E-state index is 11.8. The summed E-state index contributed by atoms with van der Waals surface area (Å²) in [7, 11) is 0. The third-order valence-electron chi connectivity index (χ3n) is 2.12. The number of hydrogen-bond donors (Lipinski definition) is 2. The second kappa shape index (κ2) is 5.50. The number of carbonyl (C=O) groups excluding carboxylic acids is 1. The van der Waals surface area contributed by atoms with E-state index in [0.717, 1.165) is 0 Å². The van der Waals surface area contributed by atoms with Gasteiger partial charge >= 0.3 is 0 Å². The molecule has 0 unspecified atom stereocenters. The number of nitriles is 1. The van der Waals surface area contributed by atoms with Gasteiger partial charge in [0.2, 0.25) is 11.5 Å². The molecule has 0 spiro atoms. The largest absolute Gasteiger partial charge is 0.479 e. The van der Waals surface area contributed by atoms with E-state index >= 15 is 0 Å². The first-order valence-corrected chi connectivity index (χ1v) is 5.20. The van der Waals surface area contributed by atoms with Crippen molar-refractivity contribution in [1.29, 1.82) is 5.26 Å². The van der Waals surface area contributed by atoms with E-state index in [4.69, 9.17) is 15.7 Å². The Morgan fingerprint density at radius 1 is 1.53 bits per heavy atom. The highest BCUT2D eigenvalue weighted by Gasteiger charge is 2.16. The van der Waals surface area contributed by atoms with Crippen molar-refractivity contribution in [2.45, 2.75) is 0 Å². The van der Waals surface area contributed by atoms with E-state index in [0.29, 0.717) is 11.4 Å². The Morgan fingerprint density at radius 3 is 3.05 bits per heavy atom. The molecule has 0 aliphatic heterocycles. The first-order valence-electron chi connectivity index (χ1n) is 5.20. The van der Waals surface area contributed by atoms with Gasteiger partial charge in [-0.25, -0.2) is 4.63 Å². The van der Waals surface area contributed by atoms with Crippen LogP contribution in [0.5, 0.6) is 5.75 Å². The van der Waals surface area contributed by atoms with E-state index in [2.05, 4.69) is 20.3 Å². The summed E-state index contributed by atoms with van der Waals surface area (Å²) in [5.74, 6) is -0.170. The minimum atomic E-state index is -0.545. The molecule has 0 aliphatic rings. The lowest BCUT2D eigenvalue weighted by molar-refractivity contribution is 0.101. The summed E-state index contributed by atoms with van der Waals surface area (Å²) in [5, 5.41) is 17.7. The van der Waals surface area contributed by atoms with Crippen LogP contribution in [0.25, 0.3) is 0 Å². The monoisotopic (exact) mass is 259 g/mol. The van der Waals surface area contributed by atoms with Crippen LogP contribution in [-0.4, -0.2) is 22.8 Å². The number of anilines is 2. The van der Waals surface area contributed by atoms with E-state index in [1.165, 1.54) is 0 Å². The number of aromatic nitrogens is 2. The molecule has 3 N–H and O–H groups in total. The van der Waals surface area contributed by atoms with Crippen LogP contribution in [0.2, 0.25) is 0 Å². The summed E-state index contributed by atoms with van der Waals surface area (Å²) in [6.07, 6.45) is 0. The summed E-state index contributed by atoms with van der Waals surface area (Å²) in [6, 6.07) is 8.41. The van der Waals surface area contributed by atoms with Gasteiger partial charge in [0.1, 0.15) is 11.8 Å². The maximum absolute atomic E-state index is 11.8. The lowest BCUT2D eigenvalue weighted by Crippen LogP contribution is -2.14. The normalized spacial score (nSPS) is 9.63. The molecule has 0 atom stereocenters. The molecule has 8 nitrogen and oxygen atoms in total. The van der Waals surface area contributed by atoms with Crippen molar-refractivity contribution in [2.24, 2.45) is 0 Å². The van der Waals surface area contributed by atoms with Gasteiger partial charge in [-0.05, 0) is 22.4 Å². The molecule has 2 aromatic rings. The third-order valence-corrected chi connectivity index (χ3v) is 2.12. The number of carbonyl (C=O) groups is 1. The predicted octanol–water partition coefficient (Wildman–Crippen LogP) is 0.806. The van der Waals surface area contributed by atoms with Gasteiger partial charge in [0.25, 0.3) is 5.91 Å². The average molecular weight is 259 g/mol. The number of rotatable bonds is 4. The number of nitrogens with two attached hydrogens (primary N) is 1. The van der Waals surface area contributed by atoms with Crippen molar-refractivity contribution >= 4 is 17.4 Å². The average Bonchev–Trinajstić information content (AvgIpc) is 2.83. The second-order valence-electron chi connectivity index (χ2n) is 3.43. The Bertz CT molecular complexity index is 631. The first-order chi connectivity index (χ1) is 9.20. The van der Waals surface area contributed by atoms with E-state index in [-0.39, 0.29) is 18.1 Å². The zero-order chi connectivity index (χ0) is 13.7. The van der Waals surface area contributed by atoms with Gasteiger partial charge in [-0.3, -0.25) is 4.79 Å². The first kappa shape index (κ1) is 12.4. The van der Waals surface area contributed by atoms with Crippen LogP contribution in [0.15, 0.2) is 28.9 Å². The molecule has 0 aliphatic carbocycles. The fraction of sp³-hybridized carbons (Fsp3) is 0.0909. The van der Waals surface area contributed by atoms with Crippen molar-refractivity contribution in [2.75, 3.05) is 17.7 Å². The van der Waals surface area contributed by atoms with Crippen LogP contribution in [0.1, 0.15) is 10.5 Å². The molecular formula is C11H9N5O3. The van der Waals surface area contributed by atoms with Crippen molar-refractivity contribution in [3.8, 4) is 11.8 Å². The summed E-state index contributed by atoms with van der Waals surface area (Å²) < 4.78 is 9.44.